The fourth-order valence-electron chi connectivity index (χ4n) is 2.15. The van der Waals surface area contributed by atoms with Gasteiger partial charge in [0, 0.05) is 10.9 Å². The Morgan fingerprint density at radius 1 is 1.14 bits per heavy atom. The molecule has 1 heterocycles. The van der Waals surface area contributed by atoms with Crippen LogP contribution in [-0.2, 0) is 0 Å². The van der Waals surface area contributed by atoms with Gasteiger partial charge >= 0.3 is 5.97 Å². The van der Waals surface area contributed by atoms with Gasteiger partial charge in [-0.3, -0.25) is 0 Å². The lowest BCUT2D eigenvalue weighted by Crippen LogP contribution is -2.01. The molecule has 1 aromatic heterocycles. The molecular formula is C16H9BrFNO2. The van der Waals surface area contributed by atoms with Crippen LogP contribution in [-0.4, -0.2) is 16.1 Å². The van der Waals surface area contributed by atoms with Gasteiger partial charge in [0.05, 0.1) is 21.2 Å². The maximum absolute atomic E-state index is 13.6. The van der Waals surface area contributed by atoms with Crippen molar-refractivity contribution in [3.63, 3.8) is 0 Å². The van der Waals surface area contributed by atoms with E-state index in [0.717, 1.165) is 5.56 Å². The number of benzene rings is 2. The zero-order valence-corrected chi connectivity index (χ0v) is 12.3. The molecule has 3 aromatic rings. The molecule has 1 N–H and O–H groups in total. The third-order valence-electron chi connectivity index (χ3n) is 3.15. The van der Waals surface area contributed by atoms with Gasteiger partial charge in [-0.05, 0) is 34.1 Å². The maximum atomic E-state index is 13.6. The summed E-state index contributed by atoms with van der Waals surface area (Å²) in [4.78, 5) is 15.9. The quantitative estimate of drug-likeness (QED) is 0.743. The first-order valence-corrected chi connectivity index (χ1v) is 6.94. The number of halogens is 2. The lowest BCUT2D eigenvalue weighted by molar-refractivity contribution is 0.0699. The number of aromatic nitrogens is 1. The van der Waals surface area contributed by atoms with E-state index in [0.29, 0.717) is 11.2 Å². The van der Waals surface area contributed by atoms with E-state index in [1.165, 1.54) is 18.2 Å². The van der Waals surface area contributed by atoms with Crippen molar-refractivity contribution < 1.29 is 14.3 Å². The molecule has 0 atom stereocenters. The average Bonchev–Trinajstić information content (AvgIpc) is 2.48. The van der Waals surface area contributed by atoms with Crippen molar-refractivity contribution in [2.45, 2.75) is 0 Å². The van der Waals surface area contributed by atoms with E-state index in [-0.39, 0.29) is 15.4 Å². The molecule has 0 aliphatic carbocycles. The van der Waals surface area contributed by atoms with Crippen LogP contribution in [0, 0.1) is 5.82 Å². The molecule has 5 heteroatoms. The first-order chi connectivity index (χ1) is 10.1. The summed E-state index contributed by atoms with van der Waals surface area (Å²) in [6, 6.07) is 13.4. The minimum atomic E-state index is -1.11. The number of nitrogens with zero attached hydrogens (tertiary/aromatic N) is 1. The fraction of sp³-hybridized carbons (Fsp3) is 0. The Morgan fingerprint density at radius 3 is 2.52 bits per heavy atom. The second-order valence-corrected chi connectivity index (χ2v) is 5.36. The number of aromatic carboxylic acids is 1. The van der Waals surface area contributed by atoms with Crippen LogP contribution < -0.4 is 0 Å². The van der Waals surface area contributed by atoms with Crippen molar-refractivity contribution in [2.24, 2.45) is 0 Å². The fourth-order valence-corrected chi connectivity index (χ4v) is 2.49. The second kappa shape index (κ2) is 5.26. The van der Waals surface area contributed by atoms with E-state index >= 15 is 0 Å². The Balaban J connectivity index is 2.35. The largest absolute Gasteiger partial charge is 0.478 e. The second-order valence-electron chi connectivity index (χ2n) is 4.51. The minimum Gasteiger partial charge on any atom is -0.478 e. The highest BCUT2D eigenvalue weighted by Crippen LogP contribution is 2.28. The van der Waals surface area contributed by atoms with Gasteiger partial charge in [-0.1, -0.05) is 30.3 Å². The van der Waals surface area contributed by atoms with Gasteiger partial charge in [0.25, 0.3) is 0 Å². The predicted octanol–water partition coefficient (Wildman–Crippen LogP) is 4.50. The first-order valence-electron chi connectivity index (χ1n) is 6.15. The lowest BCUT2D eigenvalue weighted by atomic mass is 10.0. The molecule has 0 spiro atoms. The number of rotatable bonds is 2. The smallest absolute Gasteiger partial charge is 0.336 e. The highest BCUT2D eigenvalue weighted by molar-refractivity contribution is 9.10. The zero-order valence-electron chi connectivity index (χ0n) is 10.7. The van der Waals surface area contributed by atoms with Gasteiger partial charge in [-0.25, -0.2) is 14.2 Å². The van der Waals surface area contributed by atoms with Crippen molar-refractivity contribution in [1.82, 2.24) is 4.98 Å². The summed E-state index contributed by atoms with van der Waals surface area (Å²) < 4.78 is 13.9. The number of carboxylic acid groups (broad SMARTS) is 1. The van der Waals surface area contributed by atoms with E-state index in [1.807, 2.05) is 30.3 Å². The number of carbonyl (C=O) groups is 1. The number of carboxylic acids is 1. The van der Waals surface area contributed by atoms with Gasteiger partial charge in [0.2, 0.25) is 0 Å². The van der Waals surface area contributed by atoms with Crippen LogP contribution in [0.15, 0.2) is 53.0 Å². The number of hydrogen-bond acceptors (Lipinski definition) is 2. The molecule has 0 amide bonds. The highest BCUT2D eigenvalue weighted by atomic mass is 79.9. The maximum Gasteiger partial charge on any atom is 0.336 e. The molecule has 0 aliphatic rings. The minimum absolute atomic E-state index is 0.0326. The van der Waals surface area contributed by atoms with Crippen molar-refractivity contribution in [3.8, 4) is 11.3 Å². The van der Waals surface area contributed by atoms with Crippen LogP contribution in [0.25, 0.3) is 22.2 Å². The Morgan fingerprint density at radius 2 is 1.86 bits per heavy atom. The molecule has 0 saturated carbocycles. The number of pyridine rings is 1. The van der Waals surface area contributed by atoms with Crippen LogP contribution in [0.3, 0.4) is 0 Å². The molecule has 3 rings (SSSR count). The summed E-state index contributed by atoms with van der Waals surface area (Å²) >= 11 is 3.10. The topological polar surface area (TPSA) is 50.2 Å². The Hall–Kier alpha value is -2.27. The van der Waals surface area contributed by atoms with Crippen molar-refractivity contribution >= 4 is 32.8 Å². The molecule has 21 heavy (non-hydrogen) atoms. The molecule has 0 aliphatic heterocycles. The van der Waals surface area contributed by atoms with E-state index < -0.39 is 11.8 Å². The van der Waals surface area contributed by atoms with Crippen LogP contribution in [0.4, 0.5) is 4.39 Å². The first kappa shape index (κ1) is 13.7. The van der Waals surface area contributed by atoms with Gasteiger partial charge in [-0.2, -0.15) is 0 Å². The third-order valence-corrected chi connectivity index (χ3v) is 3.76. The van der Waals surface area contributed by atoms with Crippen molar-refractivity contribution in [2.75, 3.05) is 0 Å². The summed E-state index contributed by atoms with van der Waals surface area (Å²) in [7, 11) is 0. The molecule has 2 aromatic carbocycles. The molecule has 0 unspecified atom stereocenters. The van der Waals surface area contributed by atoms with E-state index in [1.54, 1.807) is 0 Å². The summed E-state index contributed by atoms with van der Waals surface area (Å²) in [6.07, 6.45) is 0. The molecule has 0 saturated heterocycles. The van der Waals surface area contributed by atoms with E-state index in [2.05, 4.69) is 20.9 Å². The standard InChI is InChI=1S/C16H9BrFNO2/c17-12-8-15-10(6-13(12)18)11(16(20)21)7-14(19-15)9-4-2-1-3-5-9/h1-8H,(H,20,21). The number of fused-ring (bicyclic) bond motifs is 1. The van der Waals surface area contributed by atoms with Crippen LogP contribution in [0.2, 0.25) is 0 Å². The summed E-state index contributed by atoms with van der Waals surface area (Å²) in [5, 5.41) is 9.63. The Kier molecular flexibility index (Phi) is 3.43. The van der Waals surface area contributed by atoms with Crippen LogP contribution >= 0.6 is 15.9 Å². The van der Waals surface area contributed by atoms with E-state index in [9.17, 15) is 14.3 Å². The molecule has 0 fully saturated rings. The average molecular weight is 346 g/mol. The van der Waals surface area contributed by atoms with Crippen LogP contribution in [0.5, 0.6) is 0 Å². The highest BCUT2D eigenvalue weighted by Gasteiger charge is 2.15. The zero-order chi connectivity index (χ0) is 15.0. The Labute approximate surface area is 128 Å². The number of hydrogen-bond donors (Lipinski definition) is 1. The molecule has 0 bridgehead atoms. The van der Waals surface area contributed by atoms with E-state index in [4.69, 9.17) is 0 Å². The Bertz CT molecular complexity index is 850. The van der Waals surface area contributed by atoms with Crippen molar-refractivity contribution in [3.05, 3.63) is 64.4 Å². The van der Waals surface area contributed by atoms with Gasteiger partial charge in [0.15, 0.2) is 0 Å². The monoisotopic (exact) mass is 345 g/mol. The normalized spacial score (nSPS) is 10.8. The SMILES string of the molecule is O=C(O)c1cc(-c2ccccc2)nc2cc(Br)c(F)cc12. The molecule has 3 nitrogen and oxygen atoms in total. The van der Waals surface area contributed by atoms with Gasteiger partial charge in [-0.15, -0.1) is 0 Å². The van der Waals surface area contributed by atoms with Gasteiger partial charge in [0.1, 0.15) is 5.82 Å². The third kappa shape index (κ3) is 2.52. The molecular weight excluding hydrogens is 337 g/mol. The summed E-state index contributed by atoms with van der Waals surface area (Å²) in [6.45, 7) is 0. The molecule has 104 valence electrons. The summed E-state index contributed by atoms with van der Waals surface area (Å²) in [5.74, 6) is -1.62. The molecule has 0 radical (unpaired) electrons. The van der Waals surface area contributed by atoms with Crippen LogP contribution in [0.1, 0.15) is 10.4 Å². The van der Waals surface area contributed by atoms with Gasteiger partial charge < -0.3 is 5.11 Å². The predicted molar refractivity (Wildman–Crippen MR) is 81.8 cm³/mol. The summed E-state index contributed by atoms with van der Waals surface area (Å²) in [5.41, 5.74) is 1.81. The lowest BCUT2D eigenvalue weighted by Gasteiger charge is -2.08. The van der Waals surface area contributed by atoms with Crippen molar-refractivity contribution in [1.29, 1.82) is 0 Å².